The van der Waals surface area contributed by atoms with Crippen molar-refractivity contribution in [3.8, 4) is 0 Å². The van der Waals surface area contributed by atoms with E-state index in [0.717, 1.165) is 28.6 Å². The molecule has 16 heavy (non-hydrogen) atoms. The third kappa shape index (κ3) is 2.56. The maximum Gasteiger partial charge on any atom is 0.253 e. The van der Waals surface area contributed by atoms with Crippen molar-refractivity contribution in [2.75, 3.05) is 13.1 Å². The van der Waals surface area contributed by atoms with Crippen molar-refractivity contribution < 1.29 is 4.79 Å². The molecular formula is C13H16INO. The van der Waals surface area contributed by atoms with Crippen LogP contribution in [-0.2, 0) is 0 Å². The first kappa shape index (κ1) is 11.9. The van der Waals surface area contributed by atoms with Gasteiger partial charge in [-0.15, -0.1) is 0 Å². The lowest BCUT2D eigenvalue weighted by molar-refractivity contribution is 0.0787. The SMILES string of the molecule is CCC1CCN(C(=O)c2cccc(I)c2)C1. The predicted octanol–water partition coefficient (Wildman–Crippen LogP) is 3.16. The van der Waals surface area contributed by atoms with E-state index >= 15 is 0 Å². The number of halogens is 1. The van der Waals surface area contributed by atoms with Crippen molar-refractivity contribution >= 4 is 28.5 Å². The van der Waals surface area contributed by atoms with Crippen LogP contribution in [0.4, 0.5) is 0 Å². The zero-order valence-corrected chi connectivity index (χ0v) is 11.6. The van der Waals surface area contributed by atoms with Crippen molar-refractivity contribution in [3.63, 3.8) is 0 Å². The van der Waals surface area contributed by atoms with Crippen molar-refractivity contribution in [2.45, 2.75) is 19.8 Å². The van der Waals surface area contributed by atoms with E-state index in [1.54, 1.807) is 0 Å². The monoisotopic (exact) mass is 329 g/mol. The minimum Gasteiger partial charge on any atom is -0.338 e. The molecule has 0 bridgehead atoms. The molecule has 1 aliphatic heterocycles. The topological polar surface area (TPSA) is 20.3 Å². The Morgan fingerprint density at radius 3 is 3.00 bits per heavy atom. The van der Waals surface area contributed by atoms with Gasteiger partial charge in [-0.3, -0.25) is 4.79 Å². The van der Waals surface area contributed by atoms with E-state index in [0.29, 0.717) is 5.92 Å². The summed E-state index contributed by atoms with van der Waals surface area (Å²) in [6, 6.07) is 7.82. The van der Waals surface area contributed by atoms with Crippen LogP contribution in [0.25, 0.3) is 0 Å². The summed E-state index contributed by atoms with van der Waals surface area (Å²) in [4.78, 5) is 14.2. The fourth-order valence-corrected chi connectivity index (χ4v) is 2.70. The fourth-order valence-electron chi connectivity index (χ4n) is 2.15. The zero-order valence-electron chi connectivity index (χ0n) is 9.45. The Bertz CT molecular complexity index is 391. The van der Waals surface area contributed by atoms with E-state index in [9.17, 15) is 4.79 Å². The molecule has 1 amide bonds. The molecule has 0 aliphatic carbocycles. The molecule has 1 fully saturated rings. The first-order valence-corrected chi connectivity index (χ1v) is 6.83. The van der Waals surface area contributed by atoms with Crippen LogP contribution in [0.5, 0.6) is 0 Å². The normalized spacial score (nSPS) is 20.1. The van der Waals surface area contributed by atoms with Crippen molar-refractivity contribution in [2.24, 2.45) is 5.92 Å². The minimum atomic E-state index is 0.189. The maximum absolute atomic E-state index is 12.2. The highest BCUT2D eigenvalue weighted by Gasteiger charge is 2.25. The number of nitrogens with zero attached hydrogens (tertiary/aromatic N) is 1. The second-order valence-corrected chi connectivity index (χ2v) is 5.57. The van der Waals surface area contributed by atoms with E-state index in [1.807, 2.05) is 29.2 Å². The quantitative estimate of drug-likeness (QED) is 0.764. The molecule has 1 saturated heterocycles. The first-order valence-electron chi connectivity index (χ1n) is 5.75. The number of carbonyl (C=O) groups is 1. The Kier molecular flexibility index (Phi) is 3.84. The lowest BCUT2D eigenvalue weighted by atomic mass is 10.1. The van der Waals surface area contributed by atoms with Gasteiger partial charge in [0.15, 0.2) is 0 Å². The molecule has 3 heteroatoms. The van der Waals surface area contributed by atoms with E-state index in [-0.39, 0.29) is 5.91 Å². The third-order valence-corrected chi connectivity index (χ3v) is 3.89. The lowest BCUT2D eigenvalue weighted by Crippen LogP contribution is -2.28. The molecule has 1 aromatic carbocycles. The van der Waals surface area contributed by atoms with Crippen LogP contribution in [0, 0.1) is 9.49 Å². The van der Waals surface area contributed by atoms with Gasteiger partial charge in [-0.05, 0) is 53.1 Å². The average molecular weight is 329 g/mol. The van der Waals surface area contributed by atoms with Gasteiger partial charge < -0.3 is 4.90 Å². The molecule has 0 aromatic heterocycles. The van der Waals surface area contributed by atoms with Crippen molar-refractivity contribution in [1.29, 1.82) is 0 Å². The Labute approximate surface area is 110 Å². The smallest absolute Gasteiger partial charge is 0.253 e. The van der Waals surface area contributed by atoms with Gasteiger partial charge in [0.2, 0.25) is 0 Å². The van der Waals surface area contributed by atoms with Gasteiger partial charge in [0.05, 0.1) is 0 Å². The summed E-state index contributed by atoms with van der Waals surface area (Å²) in [6.45, 7) is 4.05. The van der Waals surface area contributed by atoms with E-state index in [4.69, 9.17) is 0 Å². The minimum absolute atomic E-state index is 0.189. The number of benzene rings is 1. The van der Waals surface area contributed by atoms with Crippen molar-refractivity contribution in [1.82, 2.24) is 4.90 Å². The summed E-state index contributed by atoms with van der Waals surface area (Å²) in [6.07, 6.45) is 2.34. The Morgan fingerprint density at radius 2 is 2.38 bits per heavy atom. The van der Waals surface area contributed by atoms with Crippen LogP contribution in [0.1, 0.15) is 30.1 Å². The van der Waals surface area contributed by atoms with Crippen LogP contribution in [0.15, 0.2) is 24.3 Å². The predicted molar refractivity (Wildman–Crippen MR) is 73.5 cm³/mol. The molecule has 1 unspecified atom stereocenters. The largest absolute Gasteiger partial charge is 0.338 e. The molecule has 2 nitrogen and oxygen atoms in total. The summed E-state index contributed by atoms with van der Waals surface area (Å²) in [5.74, 6) is 0.890. The Balaban J connectivity index is 2.08. The molecule has 86 valence electrons. The van der Waals surface area contributed by atoms with Gasteiger partial charge in [0.25, 0.3) is 5.91 Å². The highest BCUT2D eigenvalue weighted by molar-refractivity contribution is 14.1. The maximum atomic E-state index is 12.2. The number of hydrogen-bond donors (Lipinski definition) is 0. The van der Waals surface area contributed by atoms with Crippen LogP contribution in [0.3, 0.4) is 0 Å². The molecule has 0 radical (unpaired) electrons. The molecule has 1 heterocycles. The van der Waals surface area contributed by atoms with E-state index in [2.05, 4.69) is 29.5 Å². The molecule has 1 atom stereocenters. The summed E-state index contributed by atoms with van der Waals surface area (Å²) in [5, 5.41) is 0. The van der Waals surface area contributed by atoms with Crippen LogP contribution < -0.4 is 0 Å². The number of rotatable bonds is 2. The highest BCUT2D eigenvalue weighted by Crippen LogP contribution is 2.21. The lowest BCUT2D eigenvalue weighted by Gasteiger charge is -2.16. The summed E-state index contributed by atoms with van der Waals surface area (Å²) < 4.78 is 1.12. The summed E-state index contributed by atoms with van der Waals surface area (Å²) in [7, 11) is 0. The average Bonchev–Trinajstić information content (AvgIpc) is 2.76. The fraction of sp³-hybridized carbons (Fsp3) is 0.462. The molecule has 0 saturated carbocycles. The first-order chi connectivity index (χ1) is 7.70. The molecule has 2 rings (SSSR count). The number of carbonyl (C=O) groups excluding carboxylic acids is 1. The van der Waals surface area contributed by atoms with Gasteiger partial charge >= 0.3 is 0 Å². The number of amides is 1. The molecule has 1 aliphatic rings. The van der Waals surface area contributed by atoms with Crippen LogP contribution in [-0.4, -0.2) is 23.9 Å². The van der Waals surface area contributed by atoms with Gasteiger partial charge in [0, 0.05) is 22.2 Å². The Morgan fingerprint density at radius 1 is 1.56 bits per heavy atom. The number of hydrogen-bond acceptors (Lipinski definition) is 1. The van der Waals surface area contributed by atoms with E-state index in [1.165, 1.54) is 6.42 Å². The van der Waals surface area contributed by atoms with Gasteiger partial charge in [-0.25, -0.2) is 0 Å². The van der Waals surface area contributed by atoms with Crippen LogP contribution in [0.2, 0.25) is 0 Å². The second kappa shape index (κ2) is 5.17. The Hall–Kier alpha value is -0.580. The van der Waals surface area contributed by atoms with Gasteiger partial charge in [-0.1, -0.05) is 19.4 Å². The zero-order chi connectivity index (χ0) is 11.5. The third-order valence-electron chi connectivity index (χ3n) is 3.22. The van der Waals surface area contributed by atoms with Crippen molar-refractivity contribution in [3.05, 3.63) is 33.4 Å². The molecule has 0 N–H and O–H groups in total. The molecule has 0 spiro atoms. The number of likely N-dealkylation sites (tertiary alicyclic amines) is 1. The van der Waals surface area contributed by atoms with Crippen LogP contribution >= 0.6 is 22.6 Å². The summed E-state index contributed by atoms with van der Waals surface area (Å²) >= 11 is 2.24. The molecular weight excluding hydrogens is 313 g/mol. The standard InChI is InChI=1S/C13H16INO/c1-2-10-6-7-15(9-10)13(16)11-4-3-5-12(14)8-11/h3-5,8,10H,2,6-7,9H2,1H3. The van der Waals surface area contributed by atoms with E-state index < -0.39 is 0 Å². The summed E-state index contributed by atoms with van der Waals surface area (Å²) in [5.41, 5.74) is 0.823. The van der Waals surface area contributed by atoms with Gasteiger partial charge in [0.1, 0.15) is 0 Å². The second-order valence-electron chi connectivity index (χ2n) is 4.32. The van der Waals surface area contributed by atoms with Gasteiger partial charge in [-0.2, -0.15) is 0 Å². The highest BCUT2D eigenvalue weighted by atomic mass is 127. The molecule has 1 aromatic rings.